The van der Waals surface area contributed by atoms with Crippen molar-refractivity contribution in [1.82, 2.24) is 5.32 Å². The summed E-state index contributed by atoms with van der Waals surface area (Å²) in [6, 6.07) is 13.5. The summed E-state index contributed by atoms with van der Waals surface area (Å²) in [5.74, 6) is 1.36. The first-order valence-corrected chi connectivity index (χ1v) is 7.76. The Morgan fingerprint density at radius 1 is 0.957 bits per heavy atom. The molecule has 0 aliphatic carbocycles. The fourth-order valence-electron chi connectivity index (χ4n) is 2.35. The minimum Gasteiger partial charge on any atom is -0.493 e. The van der Waals surface area contributed by atoms with E-state index in [1.165, 1.54) is 5.56 Å². The van der Waals surface area contributed by atoms with Crippen molar-refractivity contribution in [1.29, 1.82) is 0 Å². The molecule has 0 saturated heterocycles. The average Bonchev–Trinajstić information content (AvgIpc) is 2.61. The number of aryl methyl sites for hydroxylation is 1. The van der Waals surface area contributed by atoms with Gasteiger partial charge >= 0.3 is 0 Å². The number of nitrogens with one attached hydrogen (secondary N) is 1. The van der Waals surface area contributed by atoms with E-state index in [2.05, 4.69) is 12.2 Å². The zero-order valence-corrected chi connectivity index (χ0v) is 13.9. The van der Waals surface area contributed by atoms with Gasteiger partial charge in [-0.3, -0.25) is 4.79 Å². The number of amides is 1. The second kappa shape index (κ2) is 8.22. The molecule has 0 atom stereocenters. The van der Waals surface area contributed by atoms with Crippen molar-refractivity contribution in [3.8, 4) is 11.5 Å². The molecule has 0 spiro atoms. The average molecular weight is 313 g/mol. The van der Waals surface area contributed by atoms with E-state index in [1.807, 2.05) is 42.5 Å². The van der Waals surface area contributed by atoms with Crippen LogP contribution in [0.1, 0.15) is 28.4 Å². The van der Waals surface area contributed by atoms with E-state index in [0.29, 0.717) is 23.6 Å². The number of rotatable bonds is 7. The van der Waals surface area contributed by atoms with Gasteiger partial charge in [-0.1, -0.05) is 25.1 Å². The first-order valence-electron chi connectivity index (χ1n) is 7.76. The number of benzene rings is 2. The van der Waals surface area contributed by atoms with E-state index in [9.17, 15) is 4.79 Å². The smallest absolute Gasteiger partial charge is 0.251 e. The number of hydrogen-bond acceptors (Lipinski definition) is 3. The minimum atomic E-state index is -0.0480. The molecule has 2 rings (SSSR count). The van der Waals surface area contributed by atoms with Gasteiger partial charge in [0.1, 0.15) is 0 Å². The lowest BCUT2D eigenvalue weighted by Crippen LogP contribution is -2.25. The van der Waals surface area contributed by atoms with Crippen molar-refractivity contribution in [2.45, 2.75) is 19.8 Å². The number of ether oxygens (including phenoxy) is 2. The number of hydrogen-bond donors (Lipinski definition) is 1. The van der Waals surface area contributed by atoms with E-state index in [4.69, 9.17) is 9.47 Å². The lowest BCUT2D eigenvalue weighted by atomic mass is 10.1. The molecule has 2 aromatic rings. The van der Waals surface area contributed by atoms with Gasteiger partial charge in [-0.05, 0) is 48.2 Å². The van der Waals surface area contributed by atoms with E-state index in [1.54, 1.807) is 14.2 Å². The van der Waals surface area contributed by atoms with Gasteiger partial charge in [-0.15, -0.1) is 0 Å². The van der Waals surface area contributed by atoms with Gasteiger partial charge in [-0.25, -0.2) is 0 Å². The highest BCUT2D eigenvalue weighted by Gasteiger charge is 2.07. The van der Waals surface area contributed by atoms with Gasteiger partial charge in [0.15, 0.2) is 11.5 Å². The van der Waals surface area contributed by atoms with Gasteiger partial charge < -0.3 is 14.8 Å². The minimum absolute atomic E-state index is 0.0480. The normalized spacial score (nSPS) is 10.2. The quantitative estimate of drug-likeness (QED) is 0.853. The summed E-state index contributed by atoms with van der Waals surface area (Å²) in [6.07, 6.45) is 1.71. The Bertz CT molecular complexity index is 650. The van der Waals surface area contributed by atoms with Gasteiger partial charge in [0, 0.05) is 12.1 Å². The van der Waals surface area contributed by atoms with Crippen LogP contribution in [-0.2, 0) is 12.8 Å². The fourth-order valence-corrected chi connectivity index (χ4v) is 2.35. The molecule has 0 heterocycles. The Labute approximate surface area is 137 Å². The van der Waals surface area contributed by atoms with Gasteiger partial charge in [0.05, 0.1) is 14.2 Å². The van der Waals surface area contributed by atoms with Crippen molar-refractivity contribution in [2.75, 3.05) is 20.8 Å². The molecule has 0 bridgehead atoms. The van der Waals surface area contributed by atoms with E-state index in [-0.39, 0.29) is 5.91 Å². The highest BCUT2D eigenvalue weighted by Crippen LogP contribution is 2.27. The predicted octanol–water partition coefficient (Wildman–Crippen LogP) is 3.24. The summed E-state index contributed by atoms with van der Waals surface area (Å²) in [6.45, 7) is 2.67. The van der Waals surface area contributed by atoms with E-state index < -0.39 is 0 Å². The lowest BCUT2D eigenvalue weighted by molar-refractivity contribution is 0.0954. The van der Waals surface area contributed by atoms with Gasteiger partial charge in [-0.2, -0.15) is 0 Å². The molecule has 23 heavy (non-hydrogen) atoms. The van der Waals surface area contributed by atoms with Crippen LogP contribution in [0, 0.1) is 0 Å². The maximum absolute atomic E-state index is 12.1. The van der Waals surface area contributed by atoms with Crippen LogP contribution in [0.2, 0.25) is 0 Å². The topological polar surface area (TPSA) is 47.6 Å². The Kier molecular flexibility index (Phi) is 6.03. The molecule has 0 saturated carbocycles. The number of carbonyl (C=O) groups excluding carboxylic acids is 1. The second-order valence-corrected chi connectivity index (χ2v) is 5.25. The summed E-state index contributed by atoms with van der Waals surface area (Å²) >= 11 is 0. The molecule has 0 aliphatic heterocycles. The Hall–Kier alpha value is -2.49. The highest BCUT2D eigenvalue weighted by atomic mass is 16.5. The monoisotopic (exact) mass is 313 g/mol. The zero-order chi connectivity index (χ0) is 16.7. The largest absolute Gasteiger partial charge is 0.493 e. The Morgan fingerprint density at radius 2 is 1.61 bits per heavy atom. The van der Waals surface area contributed by atoms with Crippen LogP contribution in [0.3, 0.4) is 0 Å². The highest BCUT2D eigenvalue weighted by molar-refractivity contribution is 5.94. The second-order valence-electron chi connectivity index (χ2n) is 5.25. The maximum Gasteiger partial charge on any atom is 0.251 e. The van der Waals surface area contributed by atoms with Gasteiger partial charge in [0.2, 0.25) is 0 Å². The zero-order valence-electron chi connectivity index (χ0n) is 13.9. The van der Waals surface area contributed by atoms with E-state index in [0.717, 1.165) is 18.4 Å². The van der Waals surface area contributed by atoms with Crippen molar-refractivity contribution < 1.29 is 14.3 Å². The van der Waals surface area contributed by atoms with Crippen LogP contribution in [0.4, 0.5) is 0 Å². The third-order valence-electron chi connectivity index (χ3n) is 3.77. The van der Waals surface area contributed by atoms with Crippen LogP contribution in [-0.4, -0.2) is 26.7 Å². The molecule has 1 N–H and O–H groups in total. The fraction of sp³-hybridized carbons (Fsp3) is 0.316. The van der Waals surface area contributed by atoms with Crippen molar-refractivity contribution in [3.63, 3.8) is 0 Å². The number of methoxy groups -OCH3 is 2. The van der Waals surface area contributed by atoms with Crippen LogP contribution in [0.5, 0.6) is 11.5 Å². The summed E-state index contributed by atoms with van der Waals surface area (Å²) < 4.78 is 10.5. The SMILES string of the molecule is CCc1ccc(C(=O)NCCc2ccc(OC)c(OC)c2)cc1. The predicted molar refractivity (Wildman–Crippen MR) is 91.4 cm³/mol. The van der Waals surface area contributed by atoms with Crippen LogP contribution < -0.4 is 14.8 Å². The van der Waals surface area contributed by atoms with Crippen molar-refractivity contribution in [2.24, 2.45) is 0 Å². The first kappa shape index (κ1) is 16.9. The molecule has 0 aliphatic rings. The van der Waals surface area contributed by atoms with Crippen LogP contribution >= 0.6 is 0 Å². The molecule has 1 amide bonds. The van der Waals surface area contributed by atoms with E-state index >= 15 is 0 Å². The van der Waals surface area contributed by atoms with Crippen molar-refractivity contribution >= 4 is 5.91 Å². The molecule has 0 fully saturated rings. The van der Waals surface area contributed by atoms with Crippen LogP contribution in [0.25, 0.3) is 0 Å². The van der Waals surface area contributed by atoms with Crippen LogP contribution in [0.15, 0.2) is 42.5 Å². The molecule has 122 valence electrons. The molecule has 0 unspecified atom stereocenters. The standard InChI is InChI=1S/C19H23NO3/c1-4-14-5-8-16(9-6-14)19(21)20-12-11-15-7-10-17(22-2)18(13-15)23-3/h5-10,13H,4,11-12H2,1-3H3,(H,20,21). The molecule has 4 heteroatoms. The number of carbonyl (C=O) groups is 1. The maximum atomic E-state index is 12.1. The molecular weight excluding hydrogens is 290 g/mol. The Morgan fingerprint density at radius 3 is 2.22 bits per heavy atom. The van der Waals surface area contributed by atoms with Gasteiger partial charge in [0.25, 0.3) is 5.91 Å². The summed E-state index contributed by atoms with van der Waals surface area (Å²) in [7, 11) is 3.23. The first-order chi connectivity index (χ1) is 11.2. The lowest BCUT2D eigenvalue weighted by Gasteiger charge is -2.10. The summed E-state index contributed by atoms with van der Waals surface area (Å²) in [4.78, 5) is 12.1. The third-order valence-corrected chi connectivity index (χ3v) is 3.77. The summed E-state index contributed by atoms with van der Waals surface area (Å²) in [5, 5.41) is 2.94. The third kappa shape index (κ3) is 4.49. The van der Waals surface area contributed by atoms with Crippen molar-refractivity contribution in [3.05, 3.63) is 59.2 Å². The Balaban J connectivity index is 1.90. The molecule has 0 aromatic heterocycles. The molecular formula is C19H23NO3. The molecule has 0 radical (unpaired) electrons. The molecule has 2 aromatic carbocycles. The molecule has 4 nitrogen and oxygen atoms in total. The summed E-state index contributed by atoms with van der Waals surface area (Å²) in [5.41, 5.74) is 3.01.